The van der Waals surface area contributed by atoms with Crippen molar-refractivity contribution in [1.29, 1.82) is 0 Å². The average Bonchev–Trinajstić information content (AvgIpc) is 2.37. The Morgan fingerprint density at radius 2 is 2.36 bits per heavy atom. The third-order valence-corrected chi connectivity index (χ3v) is 2.71. The van der Waals surface area contributed by atoms with Crippen molar-refractivity contribution >= 4 is 11.3 Å². The summed E-state index contributed by atoms with van der Waals surface area (Å²) < 4.78 is 0. The molecule has 0 saturated carbocycles. The molecule has 0 amide bonds. The van der Waals surface area contributed by atoms with Gasteiger partial charge in [0, 0.05) is 23.5 Å². The standard InChI is InChI=1S/C8H14N2S/c1-6(2)8-10-5-7(11-8)4-9-3/h5-6,9H,4H2,1-3H3. The Bertz CT molecular complexity index is 218. The Balaban J connectivity index is 2.66. The smallest absolute Gasteiger partial charge is 0.0953 e. The lowest BCUT2D eigenvalue weighted by Gasteiger charge is -1.95. The van der Waals surface area contributed by atoms with Crippen LogP contribution in [-0.2, 0) is 6.54 Å². The molecule has 0 atom stereocenters. The first-order valence-corrected chi connectivity index (χ1v) is 4.65. The SMILES string of the molecule is CNCc1cnc(C(C)C)s1. The van der Waals surface area contributed by atoms with Gasteiger partial charge in [-0.2, -0.15) is 0 Å². The van der Waals surface area contributed by atoms with Crippen LogP contribution in [0, 0.1) is 0 Å². The molecule has 62 valence electrons. The van der Waals surface area contributed by atoms with Gasteiger partial charge in [0.2, 0.25) is 0 Å². The van der Waals surface area contributed by atoms with Gasteiger partial charge in [-0.05, 0) is 7.05 Å². The minimum Gasteiger partial charge on any atom is -0.315 e. The van der Waals surface area contributed by atoms with Crippen molar-refractivity contribution in [3.05, 3.63) is 16.1 Å². The van der Waals surface area contributed by atoms with Gasteiger partial charge in [0.05, 0.1) is 5.01 Å². The highest BCUT2D eigenvalue weighted by atomic mass is 32.1. The molecule has 11 heavy (non-hydrogen) atoms. The van der Waals surface area contributed by atoms with Crippen LogP contribution in [-0.4, -0.2) is 12.0 Å². The van der Waals surface area contributed by atoms with Gasteiger partial charge in [0.1, 0.15) is 0 Å². The van der Waals surface area contributed by atoms with Crippen molar-refractivity contribution < 1.29 is 0 Å². The Morgan fingerprint density at radius 1 is 1.64 bits per heavy atom. The predicted octanol–water partition coefficient (Wildman–Crippen LogP) is 1.99. The first-order valence-electron chi connectivity index (χ1n) is 3.83. The van der Waals surface area contributed by atoms with E-state index in [4.69, 9.17) is 0 Å². The predicted molar refractivity (Wildman–Crippen MR) is 49.0 cm³/mol. The number of aromatic nitrogens is 1. The third kappa shape index (κ3) is 2.27. The maximum atomic E-state index is 4.31. The molecule has 0 bridgehead atoms. The average molecular weight is 170 g/mol. The Labute approximate surface area is 71.7 Å². The van der Waals surface area contributed by atoms with Gasteiger partial charge >= 0.3 is 0 Å². The van der Waals surface area contributed by atoms with Crippen LogP contribution >= 0.6 is 11.3 Å². The van der Waals surface area contributed by atoms with Gasteiger partial charge in [-0.1, -0.05) is 13.8 Å². The molecule has 1 aromatic heterocycles. The maximum absolute atomic E-state index is 4.31. The van der Waals surface area contributed by atoms with E-state index in [0.717, 1.165) is 6.54 Å². The summed E-state index contributed by atoms with van der Waals surface area (Å²) in [7, 11) is 1.95. The van der Waals surface area contributed by atoms with E-state index in [-0.39, 0.29) is 0 Å². The molecular weight excluding hydrogens is 156 g/mol. The molecule has 1 heterocycles. The molecule has 0 aliphatic rings. The van der Waals surface area contributed by atoms with Crippen molar-refractivity contribution in [2.24, 2.45) is 0 Å². The third-order valence-electron chi connectivity index (χ3n) is 1.42. The van der Waals surface area contributed by atoms with Gasteiger partial charge in [-0.3, -0.25) is 0 Å². The van der Waals surface area contributed by atoms with Crippen LogP contribution < -0.4 is 5.32 Å². The molecule has 0 saturated heterocycles. The molecule has 0 aromatic carbocycles. The second kappa shape index (κ2) is 3.83. The zero-order chi connectivity index (χ0) is 8.27. The molecule has 1 N–H and O–H groups in total. The molecule has 0 radical (unpaired) electrons. The molecule has 0 fully saturated rings. The lowest BCUT2D eigenvalue weighted by atomic mass is 10.2. The maximum Gasteiger partial charge on any atom is 0.0953 e. The number of nitrogens with one attached hydrogen (secondary N) is 1. The van der Waals surface area contributed by atoms with E-state index >= 15 is 0 Å². The summed E-state index contributed by atoms with van der Waals surface area (Å²) in [5.41, 5.74) is 0. The molecule has 0 unspecified atom stereocenters. The van der Waals surface area contributed by atoms with E-state index in [0.29, 0.717) is 5.92 Å². The van der Waals surface area contributed by atoms with Crippen LogP contribution in [0.4, 0.5) is 0 Å². The van der Waals surface area contributed by atoms with Crippen molar-refractivity contribution in [3.8, 4) is 0 Å². The summed E-state index contributed by atoms with van der Waals surface area (Å²) in [6.45, 7) is 5.27. The van der Waals surface area contributed by atoms with E-state index in [9.17, 15) is 0 Å². The molecule has 0 spiro atoms. The zero-order valence-electron chi connectivity index (χ0n) is 7.22. The van der Waals surface area contributed by atoms with Crippen molar-refractivity contribution in [1.82, 2.24) is 10.3 Å². The second-order valence-corrected chi connectivity index (χ2v) is 4.00. The van der Waals surface area contributed by atoms with Crippen LogP contribution in [0.3, 0.4) is 0 Å². The lowest BCUT2D eigenvalue weighted by molar-refractivity contribution is 0.827. The highest BCUT2D eigenvalue weighted by Gasteiger charge is 2.03. The van der Waals surface area contributed by atoms with Gasteiger partial charge in [0.25, 0.3) is 0 Å². The highest BCUT2D eigenvalue weighted by molar-refractivity contribution is 7.11. The highest BCUT2D eigenvalue weighted by Crippen LogP contribution is 2.20. The summed E-state index contributed by atoms with van der Waals surface area (Å²) in [5.74, 6) is 0.561. The van der Waals surface area contributed by atoms with E-state index in [2.05, 4.69) is 24.1 Å². The summed E-state index contributed by atoms with van der Waals surface area (Å²) in [4.78, 5) is 5.63. The normalized spacial score (nSPS) is 10.9. The molecule has 1 aromatic rings. The molecule has 2 nitrogen and oxygen atoms in total. The first kappa shape index (κ1) is 8.68. The van der Waals surface area contributed by atoms with Gasteiger partial charge in [0.15, 0.2) is 0 Å². The van der Waals surface area contributed by atoms with E-state index in [1.54, 1.807) is 11.3 Å². The molecule has 3 heteroatoms. The van der Waals surface area contributed by atoms with Gasteiger partial charge in [-0.25, -0.2) is 4.98 Å². The van der Waals surface area contributed by atoms with Crippen LogP contribution in [0.25, 0.3) is 0 Å². The molecule has 0 aliphatic carbocycles. The minimum absolute atomic E-state index is 0.561. The fraction of sp³-hybridized carbons (Fsp3) is 0.625. The van der Waals surface area contributed by atoms with Crippen LogP contribution in [0.5, 0.6) is 0 Å². The Kier molecular flexibility index (Phi) is 3.02. The number of hydrogen-bond donors (Lipinski definition) is 1. The summed E-state index contributed by atoms with van der Waals surface area (Å²) >= 11 is 1.79. The van der Waals surface area contributed by atoms with Crippen LogP contribution in [0.2, 0.25) is 0 Å². The van der Waals surface area contributed by atoms with Gasteiger partial charge in [-0.15, -0.1) is 11.3 Å². The van der Waals surface area contributed by atoms with Crippen molar-refractivity contribution in [2.45, 2.75) is 26.3 Å². The largest absolute Gasteiger partial charge is 0.315 e. The summed E-state index contributed by atoms with van der Waals surface area (Å²) in [5, 5.41) is 4.34. The number of thiazole rings is 1. The summed E-state index contributed by atoms with van der Waals surface area (Å²) in [6, 6.07) is 0. The van der Waals surface area contributed by atoms with Crippen molar-refractivity contribution in [2.75, 3.05) is 7.05 Å². The Morgan fingerprint density at radius 3 is 2.82 bits per heavy atom. The zero-order valence-corrected chi connectivity index (χ0v) is 8.03. The number of rotatable bonds is 3. The summed E-state index contributed by atoms with van der Waals surface area (Å²) in [6.07, 6.45) is 1.95. The lowest BCUT2D eigenvalue weighted by Crippen LogP contribution is -2.02. The molecule has 1 rings (SSSR count). The molecular formula is C8H14N2S. The van der Waals surface area contributed by atoms with E-state index in [1.165, 1.54) is 9.88 Å². The second-order valence-electron chi connectivity index (χ2n) is 2.85. The van der Waals surface area contributed by atoms with Crippen molar-refractivity contribution in [3.63, 3.8) is 0 Å². The van der Waals surface area contributed by atoms with E-state index < -0.39 is 0 Å². The van der Waals surface area contributed by atoms with E-state index in [1.807, 2.05) is 13.2 Å². The number of hydrogen-bond acceptors (Lipinski definition) is 3. The number of nitrogens with zero attached hydrogens (tertiary/aromatic N) is 1. The monoisotopic (exact) mass is 170 g/mol. The van der Waals surface area contributed by atoms with Gasteiger partial charge < -0.3 is 5.32 Å². The minimum atomic E-state index is 0.561. The topological polar surface area (TPSA) is 24.9 Å². The van der Waals surface area contributed by atoms with Crippen LogP contribution in [0.1, 0.15) is 29.7 Å². The first-order chi connectivity index (χ1) is 5.24. The van der Waals surface area contributed by atoms with Crippen LogP contribution in [0.15, 0.2) is 6.20 Å². The molecule has 0 aliphatic heterocycles. The Hall–Kier alpha value is -0.410. The fourth-order valence-electron chi connectivity index (χ4n) is 0.846. The quantitative estimate of drug-likeness (QED) is 0.750. The fourth-order valence-corrected chi connectivity index (χ4v) is 1.78.